The number of aromatic nitrogens is 2. The fourth-order valence-corrected chi connectivity index (χ4v) is 4.46. The third-order valence-corrected chi connectivity index (χ3v) is 5.75. The molecule has 2 aromatic heterocycles. The number of carbonyl (C=O) groups is 2. The monoisotopic (exact) mass is 470 g/mol. The molecule has 8 nitrogen and oxygen atoms in total. The van der Waals surface area contributed by atoms with Gasteiger partial charge in [-0.15, -0.1) is 11.3 Å². The van der Waals surface area contributed by atoms with Crippen LogP contribution in [0.4, 0.5) is 13.2 Å². The summed E-state index contributed by atoms with van der Waals surface area (Å²) < 4.78 is 47.6. The number of aliphatic carboxylic acids is 1. The number of hydrogen-bond donors (Lipinski definition) is 1. The molecule has 12 heteroatoms. The average Bonchev–Trinajstić information content (AvgIpc) is 3.13. The van der Waals surface area contributed by atoms with Crippen LogP contribution in [0.3, 0.4) is 0 Å². The predicted molar refractivity (Wildman–Crippen MR) is 109 cm³/mol. The maximum Gasteiger partial charge on any atom is 0.418 e. The molecule has 0 aliphatic carbocycles. The number of hydrogen-bond acceptors (Lipinski definition) is 6. The van der Waals surface area contributed by atoms with Gasteiger partial charge in [0.25, 0.3) is 5.56 Å². The van der Waals surface area contributed by atoms with Crippen molar-refractivity contribution < 1.29 is 32.6 Å². The highest BCUT2D eigenvalue weighted by Crippen LogP contribution is 2.41. The minimum atomic E-state index is -5.12. The van der Waals surface area contributed by atoms with E-state index in [1.807, 2.05) is 0 Å². The quantitative estimate of drug-likeness (QED) is 0.532. The lowest BCUT2D eigenvalue weighted by molar-refractivity contribution is -0.138. The minimum Gasteiger partial charge on any atom is -0.480 e. The van der Waals surface area contributed by atoms with E-state index < -0.39 is 51.7 Å². The van der Waals surface area contributed by atoms with Gasteiger partial charge in [-0.25, -0.2) is 14.2 Å². The summed E-state index contributed by atoms with van der Waals surface area (Å²) in [6.45, 7) is -0.0529. The molecular formula is C20H17F3N2O6S. The van der Waals surface area contributed by atoms with Gasteiger partial charge in [-0.3, -0.25) is 14.2 Å². The molecule has 1 N–H and O–H groups in total. The van der Waals surface area contributed by atoms with Crippen molar-refractivity contribution in [2.75, 3.05) is 6.61 Å². The molecule has 0 aliphatic heterocycles. The third kappa shape index (κ3) is 4.44. The first-order chi connectivity index (χ1) is 15.1. The fourth-order valence-electron chi connectivity index (χ4n) is 3.23. The summed E-state index contributed by atoms with van der Waals surface area (Å²) in [5, 5.41) is 8.15. The predicted octanol–water partition coefficient (Wildman–Crippen LogP) is 2.75. The number of aryl methyl sites for hydroxylation is 2. The number of alkyl halides is 3. The number of ether oxygens (including phenoxy) is 1. The van der Waals surface area contributed by atoms with Crippen LogP contribution in [0.15, 0.2) is 39.9 Å². The van der Waals surface area contributed by atoms with Crippen molar-refractivity contribution in [3.8, 4) is 0 Å². The molecule has 0 spiro atoms. The van der Waals surface area contributed by atoms with E-state index in [4.69, 9.17) is 9.84 Å². The molecular weight excluding hydrogens is 453 g/mol. The molecule has 32 heavy (non-hydrogen) atoms. The van der Waals surface area contributed by atoms with Crippen LogP contribution < -0.4 is 11.2 Å². The van der Waals surface area contributed by atoms with Crippen molar-refractivity contribution in [1.29, 1.82) is 0 Å². The third-order valence-electron chi connectivity index (χ3n) is 4.56. The number of thiophene rings is 1. The minimum absolute atomic E-state index is 0.140. The Morgan fingerprint density at radius 1 is 1.12 bits per heavy atom. The van der Waals surface area contributed by atoms with Crippen molar-refractivity contribution in [3.63, 3.8) is 0 Å². The summed E-state index contributed by atoms with van der Waals surface area (Å²) >= 11 is 0.324. The maximum atomic E-state index is 13.9. The van der Waals surface area contributed by atoms with Crippen LogP contribution >= 0.6 is 11.3 Å². The van der Waals surface area contributed by atoms with Crippen LogP contribution in [0.5, 0.6) is 0 Å². The smallest absolute Gasteiger partial charge is 0.418 e. The normalized spacial score (nSPS) is 11.6. The van der Waals surface area contributed by atoms with Crippen molar-refractivity contribution in [1.82, 2.24) is 9.13 Å². The molecule has 0 saturated carbocycles. The number of esters is 1. The zero-order chi connectivity index (χ0) is 23.6. The largest absolute Gasteiger partial charge is 0.480 e. The Morgan fingerprint density at radius 2 is 1.78 bits per heavy atom. The van der Waals surface area contributed by atoms with Gasteiger partial charge in [0.05, 0.1) is 17.6 Å². The van der Waals surface area contributed by atoms with E-state index in [0.29, 0.717) is 11.3 Å². The highest BCUT2D eigenvalue weighted by atomic mass is 32.1. The first-order valence-electron chi connectivity index (χ1n) is 9.36. The molecule has 0 unspecified atom stereocenters. The van der Waals surface area contributed by atoms with E-state index >= 15 is 0 Å². The van der Waals surface area contributed by atoms with Crippen LogP contribution in [-0.4, -0.2) is 32.8 Å². The van der Waals surface area contributed by atoms with Gasteiger partial charge in [-0.2, -0.15) is 13.2 Å². The Labute approximate surface area is 182 Å². The van der Waals surface area contributed by atoms with Gasteiger partial charge in [0.2, 0.25) is 0 Å². The first-order valence-corrected chi connectivity index (χ1v) is 10.2. The van der Waals surface area contributed by atoms with Crippen LogP contribution in [0.25, 0.3) is 10.2 Å². The Kier molecular flexibility index (Phi) is 6.53. The van der Waals surface area contributed by atoms with Crippen molar-refractivity contribution >= 4 is 33.5 Å². The molecule has 0 radical (unpaired) electrons. The van der Waals surface area contributed by atoms with Crippen molar-refractivity contribution in [2.24, 2.45) is 0 Å². The number of carboxylic acids is 1. The topological polar surface area (TPSA) is 108 Å². The van der Waals surface area contributed by atoms with E-state index in [0.717, 1.165) is 10.1 Å². The van der Waals surface area contributed by atoms with Gasteiger partial charge in [-0.1, -0.05) is 30.3 Å². The van der Waals surface area contributed by atoms with Gasteiger partial charge < -0.3 is 9.84 Å². The van der Waals surface area contributed by atoms with E-state index in [2.05, 4.69) is 0 Å². The molecule has 0 aliphatic rings. The van der Waals surface area contributed by atoms with E-state index in [1.54, 1.807) is 30.3 Å². The lowest BCUT2D eigenvalue weighted by Gasteiger charge is -2.12. The lowest BCUT2D eigenvalue weighted by atomic mass is 10.1. The van der Waals surface area contributed by atoms with E-state index in [-0.39, 0.29) is 29.0 Å². The fraction of sp³-hybridized carbons (Fsp3) is 0.300. The number of benzene rings is 1. The molecule has 3 rings (SSSR count). The standard InChI is InChI=1S/C20H17F3N2O6S/c1-2-31-18(29)15-14(20(21,22)23)13-16(28)25(10-12(26)27)19(30)24(17(13)32-15)9-8-11-6-4-3-5-7-11/h3-7H,2,8-10H2,1H3,(H,26,27). The van der Waals surface area contributed by atoms with Gasteiger partial charge in [-0.05, 0) is 18.9 Å². The highest BCUT2D eigenvalue weighted by Gasteiger charge is 2.42. The van der Waals surface area contributed by atoms with Gasteiger partial charge in [0.1, 0.15) is 16.3 Å². The zero-order valence-electron chi connectivity index (χ0n) is 16.6. The van der Waals surface area contributed by atoms with Crippen LogP contribution in [0, 0.1) is 0 Å². The average molecular weight is 470 g/mol. The second kappa shape index (κ2) is 8.99. The lowest BCUT2D eigenvalue weighted by Crippen LogP contribution is -2.42. The van der Waals surface area contributed by atoms with Crippen LogP contribution in [0.1, 0.15) is 27.7 Å². The Balaban J connectivity index is 2.35. The zero-order valence-corrected chi connectivity index (χ0v) is 17.5. The summed E-state index contributed by atoms with van der Waals surface area (Å²) in [6, 6.07) is 8.74. The second-order valence-electron chi connectivity index (χ2n) is 6.66. The van der Waals surface area contributed by atoms with Crippen molar-refractivity contribution in [3.05, 3.63) is 67.2 Å². The molecule has 0 atom stereocenters. The Bertz CT molecular complexity index is 1290. The van der Waals surface area contributed by atoms with Gasteiger partial charge >= 0.3 is 23.8 Å². The number of carbonyl (C=O) groups excluding carboxylic acids is 1. The highest BCUT2D eigenvalue weighted by molar-refractivity contribution is 7.20. The summed E-state index contributed by atoms with van der Waals surface area (Å²) in [5.41, 5.74) is -3.27. The SMILES string of the molecule is CCOC(=O)c1sc2c(c1C(F)(F)F)c(=O)n(CC(=O)O)c(=O)n2CCc1ccccc1. The molecule has 1 aromatic carbocycles. The van der Waals surface area contributed by atoms with Crippen molar-refractivity contribution in [2.45, 2.75) is 32.6 Å². The number of nitrogens with zero attached hydrogens (tertiary/aromatic N) is 2. The summed E-state index contributed by atoms with van der Waals surface area (Å²) in [7, 11) is 0. The maximum absolute atomic E-state index is 13.9. The number of carboxylic acid groups (broad SMARTS) is 1. The number of rotatable bonds is 7. The second-order valence-corrected chi connectivity index (χ2v) is 7.66. The van der Waals surface area contributed by atoms with Crippen LogP contribution in [-0.2, 0) is 35.2 Å². The molecule has 0 saturated heterocycles. The van der Waals surface area contributed by atoms with Crippen LogP contribution in [0.2, 0.25) is 0 Å². The van der Waals surface area contributed by atoms with E-state index in [9.17, 15) is 32.3 Å². The summed E-state index contributed by atoms with van der Waals surface area (Å²) in [6.07, 6.45) is -4.91. The Hall–Kier alpha value is -3.41. The molecule has 0 bridgehead atoms. The summed E-state index contributed by atoms with van der Waals surface area (Å²) in [5.74, 6) is -2.86. The molecule has 0 amide bonds. The molecule has 0 fully saturated rings. The molecule has 170 valence electrons. The van der Waals surface area contributed by atoms with Gasteiger partial charge in [0.15, 0.2) is 0 Å². The van der Waals surface area contributed by atoms with E-state index in [1.165, 1.54) is 6.92 Å². The molecule has 3 aromatic rings. The Morgan fingerprint density at radius 3 is 2.34 bits per heavy atom. The van der Waals surface area contributed by atoms with Gasteiger partial charge in [0, 0.05) is 6.54 Å². The number of halogens is 3. The summed E-state index contributed by atoms with van der Waals surface area (Å²) in [4.78, 5) is 47.9. The molecule has 2 heterocycles. The first kappa shape index (κ1) is 23.3. The number of fused-ring (bicyclic) bond motifs is 1.